The lowest BCUT2D eigenvalue weighted by Crippen LogP contribution is -2.23. The van der Waals surface area contributed by atoms with Crippen LogP contribution in [-0.4, -0.2) is 12.3 Å². The van der Waals surface area contributed by atoms with Crippen molar-refractivity contribution in [3.63, 3.8) is 0 Å². The third kappa shape index (κ3) is 2.18. The summed E-state index contributed by atoms with van der Waals surface area (Å²) in [7, 11) is 0. The van der Waals surface area contributed by atoms with E-state index in [2.05, 4.69) is 27.8 Å². The van der Waals surface area contributed by atoms with E-state index in [4.69, 9.17) is 0 Å². The molecule has 0 bridgehead atoms. The normalized spacial score (nSPS) is 15.3. The number of nitrogens with zero attached hydrogens (tertiary/aromatic N) is 1. The molecule has 3 rings (SSSR count). The molecule has 0 radical (unpaired) electrons. The number of rotatable bonds is 2. The lowest BCUT2D eigenvalue weighted by molar-refractivity contribution is 0.0984. The monoisotopic (exact) mass is 257 g/mol. The Kier molecular flexibility index (Phi) is 3.15. The van der Waals surface area contributed by atoms with Crippen molar-refractivity contribution < 1.29 is 4.79 Å². The van der Waals surface area contributed by atoms with Gasteiger partial charge in [0.1, 0.15) is 0 Å². The maximum absolute atomic E-state index is 12.0. The Labute approximate surface area is 111 Å². The van der Waals surface area contributed by atoms with Crippen LogP contribution in [0.15, 0.2) is 41.1 Å². The molecule has 0 saturated heterocycles. The fourth-order valence-corrected chi connectivity index (χ4v) is 3.10. The summed E-state index contributed by atoms with van der Waals surface area (Å²) < 4.78 is 0. The number of hydrogen-bond donors (Lipinski definition) is 0. The van der Waals surface area contributed by atoms with E-state index in [9.17, 15) is 4.79 Å². The van der Waals surface area contributed by atoms with Gasteiger partial charge in [-0.2, -0.15) is 11.3 Å². The zero-order valence-electron chi connectivity index (χ0n) is 10.1. The second kappa shape index (κ2) is 4.94. The van der Waals surface area contributed by atoms with Gasteiger partial charge in [-0.3, -0.25) is 4.79 Å². The summed E-state index contributed by atoms with van der Waals surface area (Å²) in [5, 5.41) is 4.28. The molecule has 0 atom stereocenters. The Hall–Kier alpha value is -1.61. The highest BCUT2D eigenvalue weighted by Gasteiger charge is 2.20. The Morgan fingerprint density at radius 2 is 2.11 bits per heavy atom. The summed E-state index contributed by atoms with van der Waals surface area (Å²) in [6.45, 7) is 1.85. The van der Waals surface area contributed by atoms with Gasteiger partial charge in [0.2, 0.25) is 0 Å². The zero-order chi connectivity index (χ0) is 12.4. The lowest BCUT2D eigenvalue weighted by atomic mass is 10.1. The van der Waals surface area contributed by atoms with Crippen LogP contribution in [0.2, 0.25) is 0 Å². The maximum atomic E-state index is 12.0. The van der Waals surface area contributed by atoms with Gasteiger partial charge in [-0.25, -0.2) is 0 Å². The van der Waals surface area contributed by atoms with Crippen molar-refractivity contribution in [2.75, 3.05) is 11.4 Å². The standard InChI is InChI=1S/C15H15NOS/c17-15-6-3-8-16(10-12-7-9-18-11-12)14-5-2-1-4-13(14)15/h1-2,4-5,7,9,11H,3,6,8,10H2. The number of fused-ring (bicyclic) bond motifs is 1. The van der Waals surface area contributed by atoms with Gasteiger partial charge in [0, 0.05) is 30.8 Å². The van der Waals surface area contributed by atoms with E-state index in [0.717, 1.165) is 30.8 Å². The molecule has 2 nitrogen and oxygen atoms in total. The van der Waals surface area contributed by atoms with Crippen LogP contribution in [0.25, 0.3) is 0 Å². The Morgan fingerprint density at radius 3 is 2.94 bits per heavy atom. The summed E-state index contributed by atoms with van der Waals surface area (Å²) in [4.78, 5) is 14.4. The average Bonchev–Trinajstić information content (AvgIpc) is 2.85. The summed E-state index contributed by atoms with van der Waals surface area (Å²) in [6.07, 6.45) is 1.61. The molecule has 3 heteroatoms. The molecule has 0 unspecified atom stereocenters. The summed E-state index contributed by atoms with van der Waals surface area (Å²) >= 11 is 1.72. The molecule has 1 aliphatic rings. The molecule has 2 heterocycles. The van der Waals surface area contributed by atoms with Gasteiger partial charge in [-0.1, -0.05) is 12.1 Å². The van der Waals surface area contributed by atoms with Crippen LogP contribution < -0.4 is 4.90 Å². The second-order valence-corrected chi connectivity index (χ2v) is 5.38. The first-order valence-corrected chi connectivity index (χ1v) is 7.17. The van der Waals surface area contributed by atoms with Crippen LogP contribution in [-0.2, 0) is 6.54 Å². The minimum atomic E-state index is 0.276. The number of benzene rings is 1. The van der Waals surface area contributed by atoms with Gasteiger partial charge < -0.3 is 4.90 Å². The van der Waals surface area contributed by atoms with E-state index in [-0.39, 0.29) is 5.78 Å². The SMILES string of the molecule is O=C1CCCN(Cc2ccsc2)c2ccccc21. The van der Waals surface area contributed by atoms with Crippen molar-refractivity contribution in [3.8, 4) is 0 Å². The predicted molar refractivity (Wildman–Crippen MR) is 75.4 cm³/mol. The third-order valence-corrected chi connectivity index (χ3v) is 4.06. The van der Waals surface area contributed by atoms with Crippen molar-refractivity contribution >= 4 is 22.8 Å². The minimum Gasteiger partial charge on any atom is -0.367 e. The van der Waals surface area contributed by atoms with Gasteiger partial charge in [-0.05, 0) is 40.9 Å². The first-order chi connectivity index (χ1) is 8.84. The Bertz CT molecular complexity index is 547. The summed E-state index contributed by atoms with van der Waals surface area (Å²) in [6, 6.07) is 10.1. The predicted octanol–water partition coefficient (Wildman–Crippen LogP) is 3.73. The molecule has 0 saturated carbocycles. The molecule has 0 fully saturated rings. The average molecular weight is 257 g/mol. The molecule has 0 spiro atoms. The minimum absolute atomic E-state index is 0.276. The van der Waals surface area contributed by atoms with Crippen molar-refractivity contribution in [3.05, 3.63) is 52.2 Å². The zero-order valence-corrected chi connectivity index (χ0v) is 11.0. The van der Waals surface area contributed by atoms with Crippen LogP contribution in [0, 0.1) is 0 Å². The van der Waals surface area contributed by atoms with Crippen LogP contribution in [0.4, 0.5) is 5.69 Å². The highest BCUT2D eigenvalue weighted by atomic mass is 32.1. The van der Waals surface area contributed by atoms with Gasteiger partial charge in [0.15, 0.2) is 5.78 Å². The molecule has 0 amide bonds. The van der Waals surface area contributed by atoms with Crippen molar-refractivity contribution in [1.82, 2.24) is 0 Å². The number of Topliss-reactive ketones (excluding diaryl/α,β-unsaturated/α-hetero) is 1. The van der Waals surface area contributed by atoms with Crippen LogP contribution in [0.1, 0.15) is 28.8 Å². The Balaban J connectivity index is 1.95. The fraction of sp³-hybridized carbons (Fsp3) is 0.267. The van der Waals surface area contributed by atoms with E-state index in [1.54, 1.807) is 11.3 Å². The van der Waals surface area contributed by atoms with E-state index >= 15 is 0 Å². The quantitative estimate of drug-likeness (QED) is 0.817. The molecule has 0 aliphatic carbocycles. The van der Waals surface area contributed by atoms with E-state index in [1.165, 1.54) is 5.56 Å². The van der Waals surface area contributed by atoms with E-state index in [1.807, 2.05) is 18.2 Å². The highest BCUT2D eigenvalue weighted by molar-refractivity contribution is 7.07. The second-order valence-electron chi connectivity index (χ2n) is 4.60. The summed E-state index contributed by atoms with van der Waals surface area (Å²) in [5.41, 5.74) is 3.29. The fourth-order valence-electron chi connectivity index (χ4n) is 2.44. The largest absolute Gasteiger partial charge is 0.367 e. The van der Waals surface area contributed by atoms with Crippen LogP contribution in [0.3, 0.4) is 0 Å². The van der Waals surface area contributed by atoms with E-state index in [0.29, 0.717) is 6.42 Å². The Morgan fingerprint density at radius 1 is 1.22 bits per heavy atom. The first-order valence-electron chi connectivity index (χ1n) is 6.23. The van der Waals surface area contributed by atoms with Gasteiger partial charge in [0.05, 0.1) is 0 Å². The highest BCUT2D eigenvalue weighted by Crippen LogP contribution is 2.27. The number of carbonyl (C=O) groups is 1. The molecule has 92 valence electrons. The maximum Gasteiger partial charge on any atom is 0.165 e. The number of ketones is 1. The number of anilines is 1. The van der Waals surface area contributed by atoms with Crippen molar-refractivity contribution in [2.45, 2.75) is 19.4 Å². The van der Waals surface area contributed by atoms with Crippen LogP contribution in [0.5, 0.6) is 0 Å². The van der Waals surface area contributed by atoms with E-state index < -0.39 is 0 Å². The summed E-state index contributed by atoms with van der Waals surface area (Å²) in [5.74, 6) is 0.276. The molecule has 1 aromatic heterocycles. The molecule has 1 aromatic carbocycles. The number of thiophene rings is 1. The van der Waals surface area contributed by atoms with Gasteiger partial charge in [-0.15, -0.1) is 0 Å². The number of hydrogen-bond acceptors (Lipinski definition) is 3. The lowest BCUT2D eigenvalue weighted by Gasteiger charge is -2.24. The third-order valence-electron chi connectivity index (χ3n) is 3.33. The van der Waals surface area contributed by atoms with Gasteiger partial charge >= 0.3 is 0 Å². The smallest absolute Gasteiger partial charge is 0.165 e. The number of carbonyl (C=O) groups excluding carboxylic acids is 1. The first kappa shape index (κ1) is 11.5. The molecule has 18 heavy (non-hydrogen) atoms. The van der Waals surface area contributed by atoms with Gasteiger partial charge in [0.25, 0.3) is 0 Å². The van der Waals surface area contributed by atoms with Crippen molar-refractivity contribution in [2.24, 2.45) is 0 Å². The molecular weight excluding hydrogens is 242 g/mol. The molecule has 2 aromatic rings. The molecular formula is C15H15NOS. The van der Waals surface area contributed by atoms with Crippen LogP contribution >= 0.6 is 11.3 Å². The molecule has 1 aliphatic heterocycles. The number of para-hydroxylation sites is 1. The molecule has 0 N–H and O–H groups in total. The topological polar surface area (TPSA) is 20.3 Å². The van der Waals surface area contributed by atoms with Crippen molar-refractivity contribution in [1.29, 1.82) is 0 Å².